The minimum absolute atomic E-state index is 0.0441. The molecular weight excluding hydrogens is 446 g/mol. The predicted octanol–water partition coefficient (Wildman–Crippen LogP) is 2.62. The fourth-order valence-electron chi connectivity index (χ4n) is 3.98. The second kappa shape index (κ2) is 8.30. The molecule has 1 saturated heterocycles. The zero-order valence-corrected chi connectivity index (χ0v) is 16.9. The molecule has 0 aliphatic carbocycles. The van der Waals surface area contributed by atoms with E-state index in [1.54, 1.807) is 0 Å². The SMILES string of the molecule is O=C1CCC(N2Cc3cc(C(=O)N[C@@H](c4ccccc4F)C(F)(F)F)ccc3C2=O)C(=O)N1. The van der Waals surface area contributed by atoms with Crippen molar-refractivity contribution in [3.63, 3.8) is 0 Å². The fraction of sp³-hybridized carbons (Fsp3) is 0.273. The Morgan fingerprint density at radius 1 is 1.12 bits per heavy atom. The van der Waals surface area contributed by atoms with Crippen LogP contribution in [0.15, 0.2) is 42.5 Å². The predicted molar refractivity (Wildman–Crippen MR) is 105 cm³/mol. The van der Waals surface area contributed by atoms with Crippen molar-refractivity contribution in [1.29, 1.82) is 0 Å². The van der Waals surface area contributed by atoms with Crippen molar-refractivity contribution < 1.29 is 36.7 Å². The van der Waals surface area contributed by atoms with Crippen LogP contribution in [-0.4, -0.2) is 40.7 Å². The maximum absolute atomic E-state index is 14.0. The lowest BCUT2D eigenvalue weighted by molar-refractivity contribution is -0.155. The summed E-state index contributed by atoms with van der Waals surface area (Å²) < 4.78 is 54.7. The summed E-state index contributed by atoms with van der Waals surface area (Å²) in [4.78, 5) is 50.0. The van der Waals surface area contributed by atoms with Gasteiger partial charge in [-0.1, -0.05) is 18.2 Å². The van der Waals surface area contributed by atoms with E-state index < -0.39 is 53.3 Å². The number of nitrogens with zero attached hydrogens (tertiary/aromatic N) is 1. The van der Waals surface area contributed by atoms with E-state index in [1.165, 1.54) is 35.2 Å². The molecule has 172 valence electrons. The number of benzene rings is 2. The van der Waals surface area contributed by atoms with E-state index in [2.05, 4.69) is 5.32 Å². The molecular formula is C22H17F4N3O4. The lowest BCUT2D eigenvalue weighted by Gasteiger charge is -2.29. The Hall–Kier alpha value is -3.76. The third kappa shape index (κ3) is 4.30. The molecule has 0 aromatic heterocycles. The van der Waals surface area contributed by atoms with Gasteiger partial charge in [0.2, 0.25) is 11.8 Å². The molecule has 1 unspecified atom stereocenters. The Balaban J connectivity index is 1.56. The minimum Gasteiger partial charge on any atom is -0.337 e. The Morgan fingerprint density at radius 2 is 1.85 bits per heavy atom. The molecule has 2 N–H and O–H groups in total. The van der Waals surface area contributed by atoms with E-state index in [9.17, 15) is 36.7 Å². The van der Waals surface area contributed by atoms with Crippen molar-refractivity contribution in [3.05, 3.63) is 70.5 Å². The first kappa shape index (κ1) is 22.4. The number of amides is 4. The fourth-order valence-corrected chi connectivity index (χ4v) is 3.98. The van der Waals surface area contributed by atoms with Gasteiger partial charge in [0.1, 0.15) is 11.9 Å². The summed E-state index contributed by atoms with van der Waals surface area (Å²) >= 11 is 0. The number of carbonyl (C=O) groups is 4. The van der Waals surface area contributed by atoms with E-state index in [1.807, 2.05) is 5.32 Å². The average Bonchev–Trinajstić information content (AvgIpc) is 3.07. The Morgan fingerprint density at radius 3 is 2.52 bits per heavy atom. The number of rotatable bonds is 4. The molecule has 2 aromatic carbocycles. The van der Waals surface area contributed by atoms with Gasteiger partial charge in [-0.2, -0.15) is 13.2 Å². The summed E-state index contributed by atoms with van der Waals surface area (Å²) in [6.45, 7) is -0.0441. The highest BCUT2D eigenvalue weighted by Gasteiger charge is 2.44. The number of carbonyl (C=O) groups excluding carboxylic acids is 4. The largest absolute Gasteiger partial charge is 0.412 e. The van der Waals surface area contributed by atoms with Crippen LogP contribution in [0, 0.1) is 5.82 Å². The molecule has 2 atom stereocenters. The van der Waals surface area contributed by atoms with Crippen molar-refractivity contribution in [2.45, 2.75) is 37.6 Å². The van der Waals surface area contributed by atoms with Crippen LogP contribution >= 0.6 is 0 Å². The molecule has 2 heterocycles. The number of halogens is 4. The maximum atomic E-state index is 14.0. The average molecular weight is 463 g/mol. The second-order valence-electron chi connectivity index (χ2n) is 7.74. The van der Waals surface area contributed by atoms with E-state index in [0.717, 1.165) is 12.1 Å². The van der Waals surface area contributed by atoms with Crippen LogP contribution in [0.1, 0.15) is 50.7 Å². The Labute approximate surface area is 184 Å². The third-order valence-electron chi connectivity index (χ3n) is 5.60. The van der Waals surface area contributed by atoms with Gasteiger partial charge < -0.3 is 10.2 Å². The van der Waals surface area contributed by atoms with E-state index in [4.69, 9.17) is 0 Å². The van der Waals surface area contributed by atoms with Crippen LogP contribution in [0.5, 0.6) is 0 Å². The van der Waals surface area contributed by atoms with Crippen molar-refractivity contribution in [3.8, 4) is 0 Å². The van der Waals surface area contributed by atoms with Crippen LogP contribution in [0.25, 0.3) is 0 Å². The smallest absolute Gasteiger partial charge is 0.337 e. The number of piperidine rings is 1. The van der Waals surface area contributed by atoms with Gasteiger partial charge >= 0.3 is 6.18 Å². The van der Waals surface area contributed by atoms with Crippen molar-refractivity contribution in [2.75, 3.05) is 0 Å². The summed E-state index contributed by atoms with van der Waals surface area (Å²) in [5.41, 5.74) is -0.319. The van der Waals surface area contributed by atoms with Crippen molar-refractivity contribution >= 4 is 23.6 Å². The third-order valence-corrected chi connectivity index (χ3v) is 5.60. The highest BCUT2D eigenvalue weighted by molar-refractivity contribution is 6.06. The molecule has 1 fully saturated rings. The second-order valence-corrected chi connectivity index (χ2v) is 7.74. The number of fused-ring (bicyclic) bond motifs is 1. The standard InChI is InChI=1S/C22H17F4N3O4/c23-15-4-2-1-3-14(15)18(22(24,25)26)28-19(31)11-5-6-13-12(9-11)10-29(21(13)33)16-7-8-17(30)27-20(16)32/h1-6,9,16,18H,7-8,10H2,(H,28,31)(H,27,30,32)/t16?,18-/m0/s1. The van der Waals surface area contributed by atoms with Gasteiger partial charge in [-0.3, -0.25) is 24.5 Å². The van der Waals surface area contributed by atoms with Crippen LogP contribution in [-0.2, 0) is 16.1 Å². The summed E-state index contributed by atoms with van der Waals surface area (Å²) in [5, 5.41) is 3.98. The molecule has 7 nitrogen and oxygen atoms in total. The molecule has 0 spiro atoms. The number of hydrogen-bond donors (Lipinski definition) is 2. The number of imide groups is 1. The van der Waals surface area contributed by atoms with Gasteiger partial charge in [0.15, 0.2) is 6.04 Å². The number of hydrogen-bond acceptors (Lipinski definition) is 4. The zero-order chi connectivity index (χ0) is 23.9. The monoisotopic (exact) mass is 463 g/mol. The van der Waals surface area contributed by atoms with E-state index in [0.29, 0.717) is 5.56 Å². The molecule has 2 aliphatic rings. The lowest BCUT2D eigenvalue weighted by Crippen LogP contribution is -2.52. The van der Waals surface area contributed by atoms with E-state index >= 15 is 0 Å². The topological polar surface area (TPSA) is 95.6 Å². The van der Waals surface area contributed by atoms with Crippen LogP contribution < -0.4 is 10.6 Å². The quantitative estimate of drug-likeness (QED) is 0.538. The first-order valence-electron chi connectivity index (χ1n) is 9.96. The van der Waals surface area contributed by atoms with Crippen LogP contribution in [0.3, 0.4) is 0 Å². The highest BCUT2D eigenvalue weighted by Crippen LogP contribution is 2.34. The molecule has 0 saturated carbocycles. The maximum Gasteiger partial charge on any atom is 0.412 e. The van der Waals surface area contributed by atoms with Gasteiger partial charge in [0.25, 0.3) is 11.8 Å². The molecule has 2 aliphatic heterocycles. The molecule has 4 rings (SSSR count). The summed E-state index contributed by atoms with van der Waals surface area (Å²) in [5.74, 6) is -3.74. The van der Waals surface area contributed by atoms with Gasteiger partial charge in [-0.15, -0.1) is 0 Å². The number of alkyl halides is 3. The van der Waals surface area contributed by atoms with Crippen molar-refractivity contribution in [2.24, 2.45) is 0 Å². The Bertz CT molecular complexity index is 1160. The number of nitrogens with one attached hydrogen (secondary N) is 2. The molecule has 11 heteroatoms. The normalized spacial score (nSPS) is 19.2. The molecule has 4 amide bonds. The van der Waals surface area contributed by atoms with Gasteiger partial charge in [-0.25, -0.2) is 4.39 Å². The van der Waals surface area contributed by atoms with Gasteiger partial charge in [0.05, 0.1) is 0 Å². The lowest BCUT2D eigenvalue weighted by atomic mass is 10.0. The summed E-state index contributed by atoms with van der Waals surface area (Å²) in [7, 11) is 0. The van der Waals surface area contributed by atoms with Crippen molar-refractivity contribution in [1.82, 2.24) is 15.5 Å². The van der Waals surface area contributed by atoms with Crippen LogP contribution in [0.4, 0.5) is 17.6 Å². The Kier molecular flexibility index (Phi) is 5.64. The molecule has 33 heavy (non-hydrogen) atoms. The van der Waals surface area contributed by atoms with Crippen LogP contribution in [0.2, 0.25) is 0 Å². The van der Waals surface area contributed by atoms with E-state index in [-0.39, 0.29) is 30.5 Å². The molecule has 0 bridgehead atoms. The minimum atomic E-state index is -4.95. The first-order valence-corrected chi connectivity index (χ1v) is 9.96. The summed E-state index contributed by atoms with van der Waals surface area (Å²) in [6, 6.07) is 4.59. The van der Waals surface area contributed by atoms with Gasteiger partial charge in [0, 0.05) is 29.7 Å². The molecule has 0 radical (unpaired) electrons. The zero-order valence-electron chi connectivity index (χ0n) is 16.9. The molecule has 2 aromatic rings. The highest BCUT2D eigenvalue weighted by atomic mass is 19.4. The van der Waals surface area contributed by atoms with Gasteiger partial charge in [-0.05, 0) is 36.2 Å². The first-order chi connectivity index (χ1) is 15.6. The summed E-state index contributed by atoms with van der Waals surface area (Å²) in [6.07, 6.45) is -4.74.